The number of benzene rings is 1. The standard InChI is InChI=1S/C28H31ClN8O3/c1-34(28(38)39)21-5-3-20(4-6-21)25-32-26(36-12-14-40-15-13-36)23-17-31-37(27(23)33-25)22-8-10-35(11-9-22)18-19-2-7-24(29)30-16-19/h2-7,16-17,22H,8-15,18H2,1H3,(H,38,39). The fraction of sp³-hybridized carbons (Fsp3) is 0.393. The lowest BCUT2D eigenvalue weighted by molar-refractivity contribution is 0.122. The van der Waals surface area contributed by atoms with Gasteiger partial charge in [0.1, 0.15) is 11.0 Å². The van der Waals surface area contributed by atoms with Crippen LogP contribution < -0.4 is 9.80 Å². The lowest BCUT2D eigenvalue weighted by atomic mass is 10.0. The van der Waals surface area contributed by atoms with E-state index in [2.05, 4.69) is 19.5 Å². The summed E-state index contributed by atoms with van der Waals surface area (Å²) < 4.78 is 7.66. The van der Waals surface area contributed by atoms with Gasteiger partial charge in [-0.3, -0.25) is 9.80 Å². The average molecular weight is 563 g/mol. The molecule has 5 heterocycles. The molecule has 1 N–H and O–H groups in total. The molecule has 0 unspecified atom stereocenters. The first-order chi connectivity index (χ1) is 19.5. The molecular weight excluding hydrogens is 532 g/mol. The Morgan fingerprint density at radius 2 is 1.80 bits per heavy atom. The number of anilines is 2. The third-order valence-electron chi connectivity index (χ3n) is 7.64. The summed E-state index contributed by atoms with van der Waals surface area (Å²) in [7, 11) is 1.52. The van der Waals surface area contributed by atoms with Crippen LogP contribution in [0.5, 0.6) is 0 Å². The van der Waals surface area contributed by atoms with Crippen LogP contribution in [0, 0.1) is 0 Å². The highest BCUT2D eigenvalue weighted by Gasteiger charge is 2.26. The van der Waals surface area contributed by atoms with Crippen LogP contribution >= 0.6 is 11.6 Å². The molecule has 4 aromatic rings. The summed E-state index contributed by atoms with van der Waals surface area (Å²) in [6.07, 6.45) is 4.63. The van der Waals surface area contributed by atoms with Crippen LogP contribution in [0.2, 0.25) is 5.15 Å². The van der Waals surface area contributed by atoms with Gasteiger partial charge in [-0.25, -0.2) is 24.4 Å². The molecule has 2 aliphatic rings. The molecule has 0 spiro atoms. The number of hydrogen-bond acceptors (Lipinski definition) is 8. The number of ether oxygens (including phenoxy) is 1. The number of rotatable bonds is 6. The van der Waals surface area contributed by atoms with Crippen molar-refractivity contribution < 1.29 is 14.6 Å². The number of amides is 1. The summed E-state index contributed by atoms with van der Waals surface area (Å²) in [5.74, 6) is 1.45. The zero-order chi connectivity index (χ0) is 27.6. The van der Waals surface area contributed by atoms with E-state index in [-0.39, 0.29) is 6.04 Å². The van der Waals surface area contributed by atoms with Crippen LogP contribution in [0.3, 0.4) is 0 Å². The summed E-state index contributed by atoms with van der Waals surface area (Å²) in [5, 5.41) is 15.6. The minimum atomic E-state index is -1.01. The Balaban J connectivity index is 1.29. The number of fused-ring (bicyclic) bond motifs is 1. The van der Waals surface area contributed by atoms with Crippen molar-refractivity contribution in [2.24, 2.45) is 0 Å². The number of aromatic nitrogens is 5. The van der Waals surface area contributed by atoms with E-state index >= 15 is 0 Å². The van der Waals surface area contributed by atoms with E-state index < -0.39 is 6.09 Å². The minimum Gasteiger partial charge on any atom is -0.465 e. The number of halogens is 1. The third kappa shape index (κ3) is 5.45. The molecular formula is C28H31ClN8O3. The highest BCUT2D eigenvalue weighted by atomic mass is 35.5. The summed E-state index contributed by atoms with van der Waals surface area (Å²) in [6.45, 7) is 5.52. The molecule has 0 radical (unpaired) electrons. The molecule has 3 aromatic heterocycles. The summed E-state index contributed by atoms with van der Waals surface area (Å²) >= 11 is 5.94. The molecule has 1 amide bonds. The highest BCUT2D eigenvalue weighted by Crippen LogP contribution is 2.32. The van der Waals surface area contributed by atoms with Crippen molar-refractivity contribution in [3.05, 3.63) is 59.5 Å². The molecule has 0 aliphatic carbocycles. The van der Waals surface area contributed by atoms with Gasteiger partial charge in [-0.2, -0.15) is 5.10 Å². The summed E-state index contributed by atoms with van der Waals surface area (Å²) in [5.41, 5.74) is 3.37. The Labute approximate surface area is 237 Å². The van der Waals surface area contributed by atoms with Crippen LogP contribution in [-0.2, 0) is 11.3 Å². The number of carbonyl (C=O) groups is 1. The summed E-state index contributed by atoms with van der Waals surface area (Å²) in [6, 6.07) is 11.4. The first-order valence-corrected chi connectivity index (χ1v) is 13.8. The smallest absolute Gasteiger partial charge is 0.411 e. The van der Waals surface area contributed by atoms with Crippen molar-refractivity contribution in [3.63, 3.8) is 0 Å². The molecule has 6 rings (SSSR count). The van der Waals surface area contributed by atoms with Crippen molar-refractivity contribution in [2.75, 3.05) is 56.2 Å². The maximum absolute atomic E-state index is 11.4. The van der Waals surface area contributed by atoms with E-state index in [4.69, 9.17) is 31.4 Å². The van der Waals surface area contributed by atoms with Gasteiger partial charge >= 0.3 is 6.09 Å². The van der Waals surface area contributed by atoms with Crippen molar-refractivity contribution >= 4 is 40.2 Å². The third-order valence-corrected chi connectivity index (χ3v) is 7.87. The first kappa shape index (κ1) is 26.4. The number of morpholine rings is 1. The van der Waals surface area contributed by atoms with Gasteiger partial charge in [0.15, 0.2) is 11.5 Å². The lowest BCUT2D eigenvalue weighted by Gasteiger charge is -2.32. The van der Waals surface area contributed by atoms with Gasteiger partial charge in [-0.1, -0.05) is 17.7 Å². The molecule has 11 nitrogen and oxygen atoms in total. The second-order valence-corrected chi connectivity index (χ2v) is 10.6. The minimum absolute atomic E-state index is 0.226. The molecule has 0 atom stereocenters. The zero-order valence-electron chi connectivity index (χ0n) is 22.3. The fourth-order valence-electron chi connectivity index (χ4n) is 5.35. The Morgan fingerprint density at radius 1 is 1.05 bits per heavy atom. The number of pyridine rings is 1. The quantitative estimate of drug-likeness (QED) is 0.343. The van der Waals surface area contributed by atoms with Gasteiger partial charge < -0.3 is 14.7 Å². The SMILES string of the molecule is CN(C(=O)O)c1ccc(-c2nc(N3CCOCC3)c3cnn(C4CCN(Cc5ccc(Cl)nc5)CC4)c3n2)cc1. The van der Waals surface area contributed by atoms with E-state index in [1.165, 1.54) is 11.9 Å². The second kappa shape index (κ2) is 11.4. The predicted octanol–water partition coefficient (Wildman–Crippen LogP) is 4.33. The molecule has 2 aliphatic heterocycles. The zero-order valence-corrected chi connectivity index (χ0v) is 23.0. The van der Waals surface area contributed by atoms with Crippen molar-refractivity contribution in [1.29, 1.82) is 0 Å². The summed E-state index contributed by atoms with van der Waals surface area (Å²) in [4.78, 5) is 31.4. The van der Waals surface area contributed by atoms with Crippen molar-refractivity contribution in [3.8, 4) is 11.4 Å². The second-order valence-electron chi connectivity index (χ2n) is 10.2. The van der Waals surface area contributed by atoms with Crippen LogP contribution in [-0.4, -0.2) is 87.3 Å². The van der Waals surface area contributed by atoms with E-state index in [1.807, 2.05) is 36.7 Å². The Morgan fingerprint density at radius 3 is 2.48 bits per heavy atom. The molecule has 0 saturated carbocycles. The molecule has 1 aromatic carbocycles. The van der Waals surface area contributed by atoms with Crippen LogP contribution in [0.4, 0.5) is 16.3 Å². The maximum Gasteiger partial charge on any atom is 0.411 e. The number of carboxylic acid groups (broad SMARTS) is 1. The van der Waals surface area contributed by atoms with E-state index in [0.717, 1.165) is 73.5 Å². The van der Waals surface area contributed by atoms with Crippen LogP contribution in [0.15, 0.2) is 48.8 Å². The molecule has 0 bridgehead atoms. The van der Waals surface area contributed by atoms with Gasteiger partial charge in [-0.05, 0) is 48.7 Å². The van der Waals surface area contributed by atoms with E-state index in [9.17, 15) is 9.90 Å². The Hall–Kier alpha value is -3.80. The topological polar surface area (TPSA) is 113 Å². The maximum atomic E-state index is 11.4. The first-order valence-electron chi connectivity index (χ1n) is 13.4. The van der Waals surface area contributed by atoms with Gasteiger partial charge in [0.25, 0.3) is 0 Å². The molecule has 2 saturated heterocycles. The largest absolute Gasteiger partial charge is 0.465 e. The number of hydrogen-bond donors (Lipinski definition) is 1. The van der Waals surface area contributed by atoms with Gasteiger partial charge in [0.2, 0.25) is 0 Å². The average Bonchev–Trinajstić information content (AvgIpc) is 3.42. The molecule has 40 heavy (non-hydrogen) atoms. The number of piperidine rings is 1. The fourth-order valence-corrected chi connectivity index (χ4v) is 5.46. The highest BCUT2D eigenvalue weighted by molar-refractivity contribution is 6.29. The number of likely N-dealkylation sites (tertiary alicyclic amines) is 1. The Bertz CT molecular complexity index is 1480. The monoisotopic (exact) mass is 562 g/mol. The van der Waals surface area contributed by atoms with Gasteiger partial charge in [0.05, 0.1) is 30.8 Å². The van der Waals surface area contributed by atoms with Crippen LogP contribution in [0.25, 0.3) is 22.4 Å². The predicted molar refractivity (Wildman–Crippen MR) is 153 cm³/mol. The van der Waals surface area contributed by atoms with Gasteiger partial charge in [-0.15, -0.1) is 0 Å². The van der Waals surface area contributed by atoms with Crippen LogP contribution in [0.1, 0.15) is 24.4 Å². The van der Waals surface area contributed by atoms with E-state index in [0.29, 0.717) is 29.9 Å². The normalized spacial score (nSPS) is 16.9. The molecule has 2 fully saturated rings. The Kier molecular flexibility index (Phi) is 7.50. The van der Waals surface area contributed by atoms with E-state index in [1.54, 1.807) is 12.1 Å². The van der Waals surface area contributed by atoms with Crippen molar-refractivity contribution in [1.82, 2.24) is 29.6 Å². The van der Waals surface area contributed by atoms with Gasteiger partial charge in [0, 0.05) is 57.2 Å². The van der Waals surface area contributed by atoms with Crippen molar-refractivity contribution in [2.45, 2.75) is 25.4 Å². The molecule has 12 heteroatoms. The molecule has 208 valence electrons. The number of nitrogens with zero attached hydrogens (tertiary/aromatic N) is 8. The lowest BCUT2D eigenvalue weighted by Crippen LogP contribution is -2.37.